The lowest BCUT2D eigenvalue weighted by molar-refractivity contribution is -0.303. The van der Waals surface area contributed by atoms with E-state index in [0.717, 1.165) is 64.2 Å². The van der Waals surface area contributed by atoms with Gasteiger partial charge in [0.2, 0.25) is 5.91 Å². The Kier molecular flexibility index (Phi) is 26.8. The smallest absolute Gasteiger partial charge is 0.249 e. The molecule has 1 aliphatic rings. The van der Waals surface area contributed by atoms with Gasteiger partial charge < -0.3 is 50.5 Å². The van der Waals surface area contributed by atoms with E-state index in [1.54, 1.807) is 0 Å². The summed E-state index contributed by atoms with van der Waals surface area (Å²) in [5, 5.41) is 74.9. The summed E-state index contributed by atoms with van der Waals surface area (Å²) in [6, 6.07) is -1.19. The van der Waals surface area contributed by atoms with Crippen LogP contribution in [0.4, 0.5) is 0 Å². The first kappa shape index (κ1) is 45.4. The predicted molar refractivity (Wildman–Crippen MR) is 192 cm³/mol. The SMILES string of the molecule is CCCCC/C=C\C=C/CCCCCCCC(O)C(=O)NC(COC1OC(CO)C(O)C(O)C1O)C(O)C(O)CCC/C=C/CCCCC. The Labute approximate surface area is 295 Å². The Hall–Kier alpha value is -1.67. The van der Waals surface area contributed by atoms with Crippen molar-refractivity contribution in [2.24, 2.45) is 0 Å². The zero-order valence-corrected chi connectivity index (χ0v) is 30.2. The van der Waals surface area contributed by atoms with Crippen LogP contribution in [0.1, 0.15) is 129 Å². The molecule has 9 unspecified atom stereocenters. The van der Waals surface area contributed by atoms with Crippen LogP contribution in [0.5, 0.6) is 0 Å². The van der Waals surface area contributed by atoms with Crippen molar-refractivity contribution < 1.29 is 50.0 Å². The molecule has 0 aromatic carbocycles. The van der Waals surface area contributed by atoms with Gasteiger partial charge in [-0.05, 0) is 64.2 Å². The van der Waals surface area contributed by atoms with E-state index < -0.39 is 74.2 Å². The van der Waals surface area contributed by atoms with Gasteiger partial charge in [-0.2, -0.15) is 0 Å². The van der Waals surface area contributed by atoms with Gasteiger partial charge in [-0.25, -0.2) is 0 Å². The molecule has 9 atom stereocenters. The number of aliphatic hydroxyl groups excluding tert-OH is 7. The van der Waals surface area contributed by atoms with Crippen molar-refractivity contribution in [3.63, 3.8) is 0 Å². The Balaban J connectivity index is 2.59. The van der Waals surface area contributed by atoms with Crippen LogP contribution < -0.4 is 5.32 Å². The molecule has 1 heterocycles. The normalized spacial score (nSPS) is 24.1. The van der Waals surface area contributed by atoms with Crippen molar-refractivity contribution in [1.29, 1.82) is 0 Å². The van der Waals surface area contributed by atoms with E-state index in [1.807, 2.05) is 0 Å². The summed E-state index contributed by atoms with van der Waals surface area (Å²) in [6.45, 7) is 3.27. The number of aliphatic hydroxyl groups is 7. The molecule has 0 aromatic rings. The van der Waals surface area contributed by atoms with Gasteiger partial charge in [0.05, 0.1) is 25.4 Å². The highest BCUT2D eigenvalue weighted by molar-refractivity contribution is 5.80. The molecule has 0 spiro atoms. The molecule has 1 amide bonds. The molecule has 0 bridgehead atoms. The average molecular weight is 700 g/mol. The number of carbonyl (C=O) groups is 1. The lowest BCUT2D eigenvalue weighted by Gasteiger charge is -2.40. The van der Waals surface area contributed by atoms with Crippen molar-refractivity contribution in [2.45, 2.75) is 184 Å². The van der Waals surface area contributed by atoms with Crippen molar-refractivity contribution in [3.8, 4) is 0 Å². The van der Waals surface area contributed by atoms with E-state index in [1.165, 1.54) is 25.7 Å². The van der Waals surface area contributed by atoms with Crippen LogP contribution in [0.25, 0.3) is 0 Å². The zero-order chi connectivity index (χ0) is 36.3. The summed E-state index contributed by atoms with van der Waals surface area (Å²) in [7, 11) is 0. The second-order valence-corrected chi connectivity index (χ2v) is 13.3. The average Bonchev–Trinajstić information content (AvgIpc) is 3.10. The van der Waals surface area contributed by atoms with Gasteiger partial charge in [-0.15, -0.1) is 0 Å². The summed E-state index contributed by atoms with van der Waals surface area (Å²) in [5.41, 5.74) is 0. The van der Waals surface area contributed by atoms with Crippen LogP contribution in [-0.2, 0) is 14.3 Å². The molecule has 11 nitrogen and oxygen atoms in total. The largest absolute Gasteiger partial charge is 0.394 e. The van der Waals surface area contributed by atoms with Gasteiger partial charge in [0.1, 0.15) is 36.6 Å². The van der Waals surface area contributed by atoms with Crippen LogP contribution in [0.2, 0.25) is 0 Å². The van der Waals surface area contributed by atoms with Crippen molar-refractivity contribution >= 4 is 5.91 Å². The molecule has 1 aliphatic heterocycles. The molecule has 0 aromatic heterocycles. The van der Waals surface area contributed by atoms with Gasteiger partial charge in [-0.3, -0.25) is 4.79 Å². The fourth-order valence-electron chi connectivity index (χ4n) is 5.66. The molecule has 8 N–H and O–H groups in total. The zero-order valence-electron chi connectivity index (χ0n) is 30.2. The molecule has 0 radical (unpaired) electrons. The Morgan fingerprint density at radius 1 is 0.714 bits per heavy atom. The number of hydrogen-bond donors (Lipinski definition) is 8. The predicted octanol–water partition coefficient (Wildman–Crippen LogP) is 4.10. The van der Waals surface area contributed by atoms with Crippen LogP contribution >= 0.6 is 0 Å². The number of carbonyl (C=O) groups excluding carboxylic acids is 1. The first-order valence-corrected chi connectivity index (χ1v) is 18.9. The monoisotopic (exact) mass is 699 g/mol. The van der Waals surface area contributed by atoms with E-state index in [0.29, 0.717) is 12.8 Å². The summed E-state index contributed by atoms with van der Waals surface area (Å²) < 4.78 is 11.0. The van der Waals surface area contributed by atoms with E-state index in [2.05, 4.69) is 55.6 Å². The maximum absolute atomic E-state index is 12.9. The molecule has 1 saturated heterocycles. The van der Waals surface area contributed by atoms with E-state index in [-0.39, 0.29) is 12.8 Å². The highest BCUT2D eigenvalue weighted by Crippen LogP contribution is 2.23. The van der Waals surface area contributed by atoms with E-state index in [4.69, 9.17) is 9.47 Å². The van der Waals surface area contributed by atoms with Crippen molar-refractivity contribution in [2.75, 3.05) is 13.2 Å². The number of amides is 1. The van der Waals surface area contributed by atoms with E-state index >= 15 is 0 Å². The first-order valence-electron chi connectivity index (χ1n) is 18.9. The number of hydrogen-bond acceptors (Lipinski definition) is 10. The third kappa shape index (κ3) is 20.1. The minimum Gasteiger partial charge on any atom is -0.394 e. The van der Waals surface area contributed by atoms with Crippen LogP contribution in [0, 0.1) is 0 Å². The summed E-state index contributed by atoms with van der Waals surface area (Å²) in [4.78, 5) is 12.9. The van der Waals surface area contributed by atoms with Crippen LogP contribution in [0.15, 0.2) is 36.5 Å². The van der Waals surface area contributed by atoms with Crippen LogP contribution in [-0.4, -0.2) is 110 Å². The molecular weight excluding hydrogens is 630 g/mol. The highest BCUT2D eigenvalue weighted by atomic mass is 16.7. The van der Waals surface area contributed by atoms with Crippen molar-refractivity contribution in [3.05, 3.63) is 36.5 Å². The topological polar surface area (TPSA) is 189 Å². The quantitative estimate of drug-likeness (QED) is 0.0321. The maximum atomic E-state index is 12.9. The molecular formula is C38H69NO10. The maximum Gasteiger partial charge on any atom is 0.249 e. The Morgan fingerprint density at radius 3 is 1.88 bits per heavy atom. The number of rotatable bonds is 29. The second kappa shape index (κ2) is 29.0. The fourth-order valence-corrected chi connectivity index (χ4v) is 5.66. The van der Waals surface area contributed by atoms with Gasteiger partial charge in [0.25, 0.3) is 0 Å². The molecule has 0 saturated carbocycles. The fraction of sp³-hybridized carbons (Fsp3) is 0.816. The van der Waals surface area contributed by atoms with Gasteiger partial charge in [0, 0.05) is 0 Å². The van der Waals surface area contributed by atoms with E-state index in [9.17, 15) is 40.5 Å². The minimum absolute atomic E-state index is 0.234. The van der Waals surface area contributed by atoms with Gasteiger partial charge in [-0.1, -0.05) is 102 Å². The summed E-state index contributed by atoms with van der Waals surface area (Å²) in [5.74, 6) is -0.725. The van der Waals surface area contributed by atoms with Gasteiger partial charge in [0.15, 0.2) is 6.29 Å². The second-order valence-electron chi connectivity index (χ2n) is 13.3. The highest BCUT2D eigenvalue weighted by Gasteiger charge is 2.44. The van der Waals surface area contributed by atoms with Crippen molar-refractivity contribution in [1.82, 2.24) is 5.32 Å². The Morgan fingerprint density at radius 2 is 1.27 bits per heavy atom. The molecule has 1 rings (SSSR count). The molecule has 1 fully saturated rings. The molecule has 286 valence electrons. The third-order valence-corrected chi connectivity index (χ3v) is 8.94. The van der Waals surface area contributed by atoms with Crippen LogP contribution in [0.3, 0.4) is 0 Å². The van der Waals surface area contributed by atoms with Gasteiger partial charge >= 0.3 is 0 Å². The number of unbranched alkanes of at least 4 members (excludes halogenated alkanes) is 12. The minimum atomic E-state index is -1.67. The lowest BCUT2D eigenvalue weighted by atomic mass is 9.98. The number of allylic oxidation sites excluding steroid dienone is 6. The summed E-state index contributed by atoms with van der Waals surface area (Å²) >= 11 is 0. The first-order chi connectivity index (χ1) is 23.7. The number of ether oxygens (including phenoxy) is 2. The Bertz CT molecular complexity index is 898. The summed E-state index contributed by atoms with van der Waals surface area (Å²) in [6.07, 6.45) is 18.0. The molecule has 0 aliphatic carbocycles. The lowest BCUT2D eigenvalue weighted by Crippen LogP contribution is -2.60. The standard InChI is InChI=1S/C38H69NO10/c1-3-5-7-9-11-13-14-15-16-17-18-20-22-24-26-31(42)37(47)39-29(28-48-38-36(46)35(45)34(44)32(27-40)49-38)33(43)30(41)25-23-21-19-12-10-8-6-4-2/h11-15,19,29-36,38,40-46H,3-10,16-18,20-28H2,1-2H3,(H,39,47)/b13-11-,15-14-,19-12+. The third-order valence-electron chi connectivity index (χ3n) is 8.94. The molecule has 11 heteroatoms. The number of nitrogens with one attached hydrogen (secondary N) is 1. The molecule has 49 heavy (non-hydrogen) atoms.